The summed E-state index contributed by atoms with van der Waals surface area (Å²) in [6.45, 7) is 0.330. The van der Waals surface area contributed by atoms with Crippen LogP contribution < -0.4 is 11.1 Å². The Morgan fingerprint density at radius 2 is 2.06 bits per heavy atom. The lowest BCUT2D eigenvalue weighted by atomic mass is 10.1. The average Bonchev–Trinajstić information content (AvgIpc) is 2.68. The van der Waals surface area contributed by atoms with Gasteiger partial charge in [0, 0.05) is 6.04 Å². The van der Waals surface area contributed by atoms with Crippen LogP contribution in [0.15, 0.2) is 16.7 Å². The second-order valence-electron chi connectivity index (χ2n) is 4.67. The van der Waals surface area contributed by atoms with Crippen LogP contribution in [0.4, 0.5) is 0 Å². The molecular formula is C13H20N2O2. The van der Waals surface area contributed by atoms with Crippen LogP contribution in [0.5, 0.6) is 0 Å². The van der Waals surface area contributed by atoms with Gasteiger partial charge in [0.25, 0.3) is 5.91 Å². The van der Waals surface area contributed by atoms with Gasteiger partial charge in [-0.25, -0.2) is 0 Å². The molecule has 3 N–H and O–H groups in total. The van der Waals surface area contributed by atoms with E-state index in [-0.39, 0.29) is 5.91 Å². The molecule has 0 bridgehead atoms. The van der Waals surface area contributed by atoms with Crippen LogP contribution in [0, 0.1) is 0 Å². The predicted octanol–water partition coefficient (Wildman–Crippen LogP) is 2.19. The first-order valence-corrected chi connectivity index (χ1v) is 6.38. The van der Waals surface area contributed by atoms with Crippen LogP contribution in [0.1, 0.15) is 54.6 Å². The molecule has 4 heteroatoms. The lowest BCUT2D eigenvalue weighted by Crippen LogP contribution is -2.34. The third-order valence-electron chi connectivity index (χ3n) is 3.31. The quantitative estimate of drug-likeness (QED) is 0.790. The maximum atomic E-state index is 11.9. The number of hydrogen-bond acceptors (Lipinski definition) is 3. The first-order chi connectivity index (χ1) is 8.29. The summed E-state index contributed by atoms with van der Waals surface area (Å²) in [6.07, 6.45) is 8.66. The van der Waals surface area contributed by atoms with Gasteiger partial charge in [0.2, 0.25) is 0 Å². The first-order valence-electron chi connectivity index (χ1n) is 6.38. The van der Waals surface area contributed by atoms with Gasteiger partial charge in [-0.15, -0.1) is 0 Å². The van der Waals surface area contributed by atoms with Gasteiger partial charge < -0.3 is 15.5 Å². The average molecular weight is 236 g/mol. The molecule has 1 aliphatic rings. The van der Waals surface area contributed by atoms with Crippen molar-refractivity contribution in [3.05, 3.63) is 23.7 Å². The fraction of sp³-hybridized carbons (Fsp3) is 0.615. The zero-order chi connectivity index (χ0) is 12.1. The van der Waals surface area contributed by atoms with E-state index in [1.165, 1.54) is 31.9 Å². The SMILES string of the molecule is NCc1cc(C(=O)NC2CCCCCC2)co1. The van der Waals surface area contributed by atoms with Crippen LogP contribution in [0.25, 0.3) is 0 Å². The Labute approximate surface area is 102 Å². The lowest BCUT2D eigenvalue weighted by Gasteiger charge is -2.15. The van der Waals surface area contributed by atoms with E-state index < -0.39 is 0 Å². The summed E-state index contributed by atoms with van der Waals surface area (Å²) in [5, 5.41) is 3.07. The highest BCUT2D eigenvalue weighted by molar-refractivity contribution is 5.94. The molecule has 0 spiro atoms. The van der Waals surface area contributed by atoms with E-state index >= 15 is 0 Å². The molecule has 1 aromatic heterocycles. The van der Waals surface area contributed by atoms with E-state index in [2.05, 4.69) is 5.32 Å². The third-order valence-corrected chi connectivity index (χ3v) is 3.31. The van der Waals surface area contributed by atoms with E-state index in [0.29, 0.717) is 23.9 Å². The summed E-state index contributed by atoms with van der Waals surface area (Å²) in [4.78, 5) is 11.9. The lowest BCUT2D eigenvalue weighted by molar-refractivity contribution is 0.0932. The van der Waals surface area contributed by atoms with Crippen molar-refractivity contribution in [2.45, 2.75) is 51.1 Å². The number of furan rings is 1. The molecule has 1 amide bonds. The van der Waals surface area contributed by atoms with E-state index in [9.17, 15) is 4.79 Å². The van der Waals surface area contributed by atoms with Crippen LogP contribution in [0.2, 0.25) is 0 Å². The van der Waals surface area contributed by atoms with Crippen LogP contribution >= 0.6 is 0 Å². The minimum Gasteiger partial charge on any atom is -0.467 e. The second kappa shape index (κ2) is 5.87. The first kappa shape index (κ1) is 12.2. The number of nitrogens with one attached hydrogen (secondary N) is 1. The normalized spacial score (nSPS) is 17.7. The van der Waals surface area contributed by atoms with Crippen molar-refractivity contribution in [2.75, 3.05) is 0 Å². The van der Waals surface area contributed by atoms with Gasteiger partial charge in [-0.05, 0) is 18.9 Å². The predicted molar refractivity (Wildman–Crippen MR) is 65.6 cm³/mol. The van der Waals surface area contributed by atoms with E-state index in [1.807, 2.05) is 0 Å². The molecule has 1 heterocycles. The molecule has 1 fully saturated rings. The zero-order valence-corrected chi connectivity index (χ0v) is 10.1. The Kier molecular flexibility index (Phi) is 4.20. The molecule has 0 radical (unpaired) electrons. The van der Waals surface area contributed by atoms with Crippen molar-refractivity contribution >= 4 is 5.91 Å². The Bertz CT molecular complexity index is 365. The summed E-state index contributed by atoms with van der Waals surface area (Å²) in [7, 11) is 0. The van der Waals surface area contributed by atoms with Crippen LogP contribution in [-0.4, -0.2) is 11.9 Å². The molecule has 0 aromatic carbocycles. The number of amides is 1. The number of carbonyl (C=O) groups is 1. The molecule has 0 saturated heterocycles. The van der Waals surface area contributed by atoms with Gasteiger partial charge in [-0.2, -0.15) is 0 Å². The summed E-state index contributed by atoms with van der Waals surface area (Å²) >= 11 is 0. The maximum Gasteiger partial charge on any atom is 0.254 e. The molecule has 0 atom stereocenters. The van der Waals surface area contributed by atoms with Gasteiger partial charge in [-0.3, -0.25) is 4.79 Å². The maximum absolute atomic E-state index is 11.9. The van der Waals surface area contributed by atoms with Crippen molar-refractivity contribution in [2.24, 2.45) is 5.73 Å². The minimum atomic E-state index is -0.0413. The molecule has 17 heavy (non-hydrogen) atoms. The monoisotopic (exact) mass is 236 g/mol. The molecule has 0 aliphatic heterocycles. The van der Waals surface area contributed by atoms with Gasteiger partial charge in [0.05, 0.1) is 12.1 Å². The smallest absolute Gasteiger partial charge is 0.254 e. The Morgan fingerprint density at radius 1 is 1.35 bits per heavy atom. The molecule has 2 rings (SSSR count). The number of carbonyl (C=O) groups excluding carboxylic acids is 1. The summed E-state index contributed by atoms with van der Waals surface area (Å²) in [5.74, 6) is 0.608. The second-order valence-corrected chi connectivity index (χ2v) is 4.67. The Hall–Kier alpha value is -1.29. The van der Waals surface area contributed by atoms with Crippen molar-refractivity contribution < 1.29 is 9.21 Å². The standard InChI is InChI=1S/C13H20N2O2/c14-8-12-7-10(9-17-12)13(16)15-11-5-3-1-2-4-6-11/h7,9,11H,1-6,8,14H2,(H,15,16). The van der Waals surface area contributed by atoms with Crippen molar-refractivity contribution in [1.82, 2.24) is 5.32 Å². The van der Waals surface area contributed by atoms with Crippen molar-refractivity contribution in [3.63, 3.8) is 0 Å². The molecule has 1 aliphatic carbocycles. The van der Waals surface area contributed by atoms with E-state index in [1.54, 1.807) is 6.07 Å². The zero-order valence-electron chi connectivity index (χ0n) is 10.1. The molecule has 4 nitrogen and oxygen atoms in total. The molecule has 94 valence electrons. The Morgan fingerprint density at radius 3 is 2.65 bits per heavy atom. The molecular weight excluding hydrogens is 216 g/mol. The third kappa shape index (κ3) is 3.33. The Balaban J connectivity index is 1.91. The van der Waals surface area contributed by atoms with Crippen LogP contribution in [-0.2, 0) is 6.54 Å². The summed E-state index contributed by atoms with van der Waals surface area (Å²) in [6, 6.07) is 2.03. The highest BCUT2D eigenvalue weighted by Crippen LogP contribution is 2.18. The molecule has 0 unspecified atom stereocenters. The van der Waals surface area contributed by atoms with E-state index in [0.717, 1.165) is 12.8 Å². The van der Waals surface area contributed by atoms with Gasteiger partial charge in [0.1, 0.15) is 12.0 Å². The largest absolute Gasteiger partial charge is 0.467 e. The molecule has 1 aromatic rings. The van der Waals surface area contributed by atoms with Crippen molar-refractivity contribution in [3.8, 4) is 0 Å². The van der Waals surface area contributed by atoms with Gasteiger partial charge in [0.15, 0.2) is 0 Å². The van der Waals surface area contributed by atoms with Gasteiger partial charge >= 0.3 is 0 Å². The van der Waals surface area contributed by atoms with E-state index in [4.69, 9.17) is 10.2 Å². The molecule has 1 saturated carbocycles. The fourth-order valence-corrected chi connectivity index (χ4v) is 2.30. The minimum absolute atomic E-state index is 0.0413. The highest BCUT2D eigenvalue weighted by Gasteiger charge is 2.16. The topological polar surface area (TPSA) is 68.3 Å². The summed E-state index contributed by atoms with van der Waals surface area (Å²) in [5.41, 5.74) is 6.02. The summed E-state index contributed by atoms with van der Waals surface area (Å²) < 4.78 is 5.16. The fourth-order valence-electron chi connectivity index (χ4n) is 2.30. The van der Waals surface area contributed by atoms with Gasteiger partial charge in [-0.1, -0.05) is 25.7 Å². The number of nitrogens with two attached hydrogens (primary N) is 1. The number of rotatable bonds is 3. The van der Waals surface area contributed by atoms with Crippen molar-refractivity contribution in [1.29, 1.82) is 0 Å². The van der Waals surface area contributed by atoms with Crippen LogP contribution in [0.3, 0.4) is 0 Å². The number of hydrogen-bond donors (Lipinski definition) is 2. The highest BCUT2D eigenvalue weighted by atomic mass is 16.3.